The van der Waals surface area contributed by atoms with E-state index in [-0.39, 0.29) is 17.9 Å². The minimum atomic E-state index is -0.580. The molecule has 0 radical (unpaired) electrons. The molecule has 6 heteroatoms. The molecular formula is C15H17N3O3. The molecule has 1 aromatic rings. The number of nitriles is 1. The molecule has 1 atom stereocenters. The molecule has 21 heavy (non-hydrogen) atoms. The van der Waals surface area contributed by atoms with Crippen molar-refractivity contribution in [1.82, 2.24) is 5.32 Å². The lowest BCUT2D eigenvalue weighted by Crippen LogP contribution is -2.22. The topological polar surface area (TPSA) is 102 Å². The minimum Gasteiger partial charge on any atom is -0.392 e. The third-order valence-electron chi connectivity index (χ3n) is 2.57. The van der Waals surface area contributed by atoms with Crippen molar-refractivity contribution >= 4 is 17.4 Å². The van der Waals surface area contributed by atoms with Gasteiger partial charge in [-0.3, -0.25) is 9.59 Å². The number of amides is 1. The van der Waals surface area contributed by atoms with Crippen molar-refractivity contribution in [3.8, 4) is 6.07 Å². The Kier molecular flexibility index (Phi) is 6.11. The lowest BCUT2D eigenvalue weighted by molar-refractivity contribution is -0.112. The van der Waals surface area contributed by atoms with Gasteiger partial charge in [-0.2, -0.15) is 5.26 Å². The van der Waals surface area contributed by atoms with E-state index < -0.39 is 12.0 Å². The number of carbonyl (C=O) groups excluding carboxylic acids is 2. The lowest BCUT2D eigenvalue weighted by Gasteiger charge is -2.06. The lowest BCUT2D eigenvalue weighted by atomic mass is 10.1. The first-order chi connectivity index (χ1) is 9.93. The molecule has 6 nitrogen and oxygen atoms in total. The Bertz CT molecular complexity index is 583. The summed E-state index contributed by atoms with van der Waals surface area (Å²) in [5.41, 5.74) is 0.926. The number of aliphatic hydroxyl groups is 1. The zero-order chi connectivity index (χ0) is 15.8. The number of nitrogens with one attached hydrogen (secondary N) is 2. The largest absolute Gasteiger partial charge is 0.392 e. The first-order valence-electron chi connectivity index (χ1n) is 6.38. The molecule has 110 valence electrons. The van der Waals surface area contributed by atoms with Gasteiger partial charge in [-0.15, -0.1) is 0 Å². The Morgan fingerprint density at radius 1 is 1.38 bits per heavy atom. The van der Waals surface area contributed by atoms with E-state index in [1.165, 1.54) is 13.1 Å². The molecule has 0 saturated carbocycles. The first-order valence-corrected chi connectivity index (χ1v) is 6.38. The normalized spacial score (nSPS) is 12.2. The fourth-order valence-corrected chi connectivity index (χ4v) is 1.47. The zero-order valence-electron chi connectivity index (χ0n) is 11.9. The predicted octanol–water partition coefficient (Wildman–Crippen LogP) is 1.21. The van der Waals surface area contributed by atoms with Crippen molar-refractivity contribution in [3.63, 3.8) is 0 Å². The van der Waals surface area contributed by atoms with Gasteiger partial charge in [-0.05, 0) is 38.1 Å². The van der Waals surface area contributed by atoms with Crippen LogP contribution in [0.3, 0.4) is 0 Å². The summed E-state index contributed by atoms with van der Waals surface area (Å²) in [5, 5.41) is 23.3. The van der Waals surface area contributed by atoms with Crippen molar-refractivity contribution in [1.29, 1.82) is 5.26 Å². The minimum absolute atomic E-state index is 0.0622. The summed E-state index contributed by atoms with van der Waals surface area (Å²) < 4.78 is 0. The molecule has 0 heterocycles. The van der Waals surface area contributed by atoms with Gasteiger partial charge in [-0.1, -0.05) is 0 Å². The van der Waals surface area contributed by atoms with Gasteiger partial charge in [0.15, 0.2) is 5.78 Å². The molecular weight excluding hydrogens is 270 g/mol. The van der Waals surface area contributed by atoms with Gasteiger partial charge in [0.1, 0.15) is 11.6 Å². The number of rotatable bonds is 6. The summed E-state index contributed by atoms with van der Waals surface area (Å²) >= 11 is 0. The monoisotopic (exact) mass is 287 g/mol. The molecule has 0 aliphatic rings. The molecule has 0 spiro atoms. The zero-order valence-corrected chi connectivity index (χ0v) is 11.9. The van der Waals surface area contributed by atoms with Gasteiger partial charge < -0.3 is 15.7 Å². The van der Waals surface area contributed by atoms with Crippen LogP contribution in [0.1, 0.15) is 24.2 Å². The van der Waals surface area contributed by atoms with Crippen molar-refractivity contribution in [2.75, 3.05) is 11.9 Å². The van der Waals surface area contributed by atoms with E-state index in [0.717, 1.165) is 0 Å². The molecule has 0 aliphatic carbocycles. The smallest absolute Gasteiger partial charge is 0.267 e. The van der Waals surface area contributed by atoms with Gasteiger partial charge in [0.25, 0.3) is 5.91 Å². The summed E-state index contributed by atoms with van der Waals surface area (Å²) in [4.78, 5) is 23.0. The van der Waals surface area contributed by atoms with E-state index in [0.29, 0.717) is 11.3 Å². The van der Waals surface area contributed by atoms with Crippen LogP contribution in [0.25, 0.3) is 0 Å². The molecule has 0 fully saturated rings. The highest BCUT2D eigenvalue weighted by Gasteiger charge is 2.09. The van der Waals surface area contributed by atoms with E-state index in [1.807, 2.05) is 0 Å². The number of benzene rings is 1. The quantitative estimate of drug-likeness (QED) is 0.414. The maximum absolute atomic E-state index is 11.9. The molecule has 0 aromatic heterocycles. The van der Waals surface area contributed by atoms with E-state index in [9.17, 15) is 9.59 Å². The van der Waals surface area contributed by atoms with Crippen molar-refractivity contribution < 1.29 is 14.7 Å². The second kappa shape index (κ2) is 7.82. The highest BCUT2D eigenvalue weighted by molar-refractivity contribution is 6.06. The summed E-state index contributed by atoms with van der Waals surface area (Å²) in [6.07, 6.45) is 0.676. The number of ketones is 1. The second-order valence-electron chi connectivity index (χ2n) is 4.51. The fraction of sp³-hybridized carbons (Fsp3) is 0.267. The fourth-order valence-electron chi connectivity index (χ4n) is 1.47. The summed E-state index contributed by atoms with van der Waals surface area (Å²) in [6, 6.07) is 8.15. The molecule has 3 N–H and O–H groups in total. The van der Waals surface area contributed by atoms with Gasteiger partial charge in [0.05, 0.1) is 6.10 Å². The van der Waals surface area contributed by atoms with E-state index >= 15 is 0 Å². The van der Waals surface area contributed by atoms with Crippen LogP contribution < -0.4 is 10.6 Å². The van der Waals surface area contributed by atoms with Crippen molar-refractivity contribution in [3.05, 3.63) is 41.6 Å². The van der Waals surface area contributed by atoms with E-state index in [1.54, 1.807) is 37.3 Å². The number of Topliss-reactive ketones (excluding diaryl/α,β-unsaturated/α-hetero) is 1. The van der Waals surface area contributed by atoms with Gasteiger partial charge >= 0.3 is 0 Å². The first kappa shape index (κ1) is 16.4. The molecule has 1 aromatic carbocycles. The number of anilines is 1. The van der Waals surface area contributed by atoms with E-state index in [4.69, 9.17) is 10.4 Å². The number of carbonyl (C=O) groups is 2. The van der Waals surface area contributed by atoms with Crippen LogP contribution in [0.2, 0.25) is 0 Å². The Hall–Kier alpha value is -2.65. The third kappa shape index (κ3) is 5.47. The van der Waals surface area contributed by atoms with Gasteiger partial charge in [0.2, 0.25) is 0 Å². The standard InChI is InChI=1S/C15H17N3O3/c1-10(19)8-17-9-13(7-16)15(21)18-14-5-3-12(4-6-14)11(2)20/h3-6,9-10,17,19H,8H2,1-2H3,(H,18,21)/b13-9-. The van der Waals surface area contributed by atoms with Crippen LogP contribution in [0.15, 0.2) is 36.0 Å². The third-order valence-corrected chi connectivity index (χ3v) is 2.57. The summed E-state index contributed by atoms with van der Waals surface area (Å²) in [7, 11) is 0. The van der Waals surface area contributed by atoms with Crippen molar-refractivity contribution in [2.45, 2.75) is 20.0 Å². The van der Waals surface area contributed by atoms with Crippen LogP contribution in [-0.4, -0.2) is 29.4 Å². The molecule has 0 bridgehead atoms. The molecule has 1 rings (SSSR count). The van der Waals surface area contributed by atoms with Crippen molar-refractivity contribution in [2.24, 2.45) is 0 Å². The highest BCUT2D eigenvalue weighted by atomic mass is 16.3. The van der Waals surface area contributed by atoms with Crippen LogP contribution in [0.4, 0.5) is 5.69 Å². The predicted molar refractivity (Wildman–Crippen MR) is 78.5 cm³/mol. The number of aliphatic hydroxyl groups excluding tert-OH is 1. The highest BCUT2D eigenvalue weighted by Crippen LogP contribution is 2.11. The number of hydrogen-bond donors (Lipinski definition) is 3. The average molecular weight is 287 g/mol. The van der Waals surface area contributed by atoms with Crippen LogP contribution in [-0.2, 0) is 4.79 Å². The second-order valence-corrected chi connectivity index (χ2v) is 4.51. The maximum Gasteiger partial charge on any atom is 0.267 e. The van der Waals surface area contributed by atoms with Crippen LogP contribution in [0.5, 0.6) is 0 Å². The Morgan fingerprint density at radius 2 is 2.00 bits per heavy atom. The summed E-state index contributed by atoms with van der Waals surface area (Å²) in [5.74, 6) is -0.626. The van der Waals surface area contributed by atoms with Gasteiger partial charge in [0, 0.05) is 24.0 Å². The molecule has 1 amide bonds. The maximum atomic E-state index is 11.9. The Labute approximate surface area is 123 Å². The molecule has 0 aliphatic heterocycles. The van der Waals surface area contributed by atoms with Crippen LogP contribution in [0, 0.1) is 11.3 Å². The molecule has 0 saturated heterocycles. The Balaban J connectivity index is 2.70. The van der Waals surface area contributed by atoms with Gasteiger partial charge in [-0.25, -0.2) is 0 Å². The summed E-state index contributed by atoms with van der Waals surface area (Å²) in [6.45, 7) is 3.28. The average Bonchev–Trinajstić information content (AvgIpc) is 2.43. The number of hydrogen-bond acceptors (Lipinski definition) is 5. The van der Waals surface area contributed by atoms with E-state index in [2.05, 4.69) is 10.6 Å². The SMILES string of the molecule is CC(=O)c1ccc(NC(=O)/C(C#N)=C\NCC(C)O)cc1. The molecule has 1 unspecified atom stereocenters. The number of nitrogens with zero attached hydrogens (tertiary/aromatic N) is 1. The van der Waals surface area contributed by atoms with Crippen LogP contribution >= 0.6 is 0 Å². The Morgan fingerprint density at radius 3 is 2.48 bits per heavy atom.